The molecule has 0 aliphatic heterocycles. The lowest BCUT2D eigenvalue weighted by molar-refractivity contribution is -0.274. The van der Waals surface area contributed by atoms with Crippen LogP contribution in [0.25, 0.3) is 33.5 Å². The third-order valence-electron chi connectivity index (χ3n) is 4.92. The molecule has 5 rings (SSSR count). The van der Waals surface area contributed by atoms with Crippen molar-refractivity contribution in [3.8, 4) is 22.6 Å². The van der Waals surface area contributed by atoms with Crippen LogP contribution in [0.1, 0.15) is 0 Å². The van der Waals surface area contributed by atoms with Gasteiger partial charge < -0.3 is 13.7 Å². The van der Waals surface area contributed by atoms with Gasteiger partial charge in [0.1, 0.15) is 11.4 Å². The van der Waals surface area contributed by atoms with Gasteiger partial charge in [0, 0.05) is 48.6 Å². The molecule has 0 fully saturated rings. The Morgan fingerprint density at radius 1 is 1.00 bits per heavy atom. The lowest BCUT2D eigenvalue weighted by Gasteiger charge is -2.13. The summed E-state index contributed by atoms with van der Waals surface area (Å²) < 4.78 is 46.2. The molecular formula is C21H14F3N5O2. The fraction of sp³-hybridized carbons (Fsp3) is 0.0952. The lowest BCUT2D eigenvalue weighted by Crippen LogP contribution is -2.19. The van der Waals surface area contributed by atoms with Crippen molar-refractivity contribution in [1.82, 2.24) is 23.5 Å². The highest BCUT2D eigenvalue weighted by molar-refractivity contribution is 5.91. The molecule has 0 unspecified atom stereocenters. The fourth-order valence-electron chi connectivity index (χ4n) is 3.56. The van der Waals surface area contributed by atoms with Crippen LogP contribution < -0.4 is 10.3 Å². The maximum Gasteiger partial charge on any atom is 0.573 e. The van der Waals surface area contributed by atoms with Crippen molar-refractivity contribution in [3.05, 3.63) is 77.9 Å². The first-order valence-corrected chi connectivity index (χ1v) is 9.16. The zero-order chi connectivity index (χ0) is 21.8. The topological polar surface area (TPSA) is 66.3 Å². The molecule has 0 radical (unpaired) electrons. The molecule has 7 nitrogen and oxygen atoms in total. The number of aryl methyl sites for hydroxylation is 1. The van der Waals surface area contributed by atoms with Crippen molar-refractivity contribution in [2.24, 2.45) is 7.05 Å². The molecule has 0 spiro atoms. The van der Waals surface area contributed by atoms with E-state index in [1.54, 1.807) is 30.3 Å². The van der Waals surface area contributed by atoms with Gasteiger partial charge >= 0.3 is 6.36 Å². The number of fused-ring (bicyclic) bond motifs is 2. The van der Waals surface area contributed by atoms with E-state index in [4.69, 9.17) is 0 Å². The molecular weight excluding hydrogens is 411 g/mol. The summed E-state index contributed by atoms with van der Waals surface area (Å²) in [4.78, 5) is 21.6. The molecule has 0 bridgehead atoms. The Labute approximate surface area is 172 Å². The van der Waals surface area contributed by atoms with Crippen LogP contribution in [0.3, 0.4) is 0 Å². The largest absolute Gasteiger partial charge is 0.573 e. The van der Waals surface area contributed by atoms with Crippen LogP contribution in [0.5, 0.6) is 5.75 Å². The van der Waals surface area contributed by atoms with Gasteiger partial charge in [0.25, 0.3) is 5.56 Å². The molecule has 10 heteroatoms. The van der Waals surface area contributed by atoms with Crippen molar-refractivity contribution in [1.29, 1.82) is 0 Å². The first-order valence-electron chi connectivity index (χ1n) is 9.16. The first-order chi connectivity index (χ1) is 14.8. The van der Waals surface area contributed by atoms with Gasteiger partial charge in [-0.05, 0) is 36.4 Å². The number of hydrogen-bond donors (Lipinski definition) is 0. The number of rotatable bonds is 3. The number of alkyl halides is 3. The highest BCUT2D eigenvalue weighted by Crippen LogP contribution is 2.28. The second kappa shape index (κ2) is 6.73. The van der Waals surface area contributed by atoms with Gasteiger partial charge in [0.15, 0.2) is 5.52 Å². The number of hydrogen-bond acceptors (Lipinski definition) is 4. The monoisotopic (exact) mass is 425 g/mol. The summed E-state index contributed by atoms with van der Waals surface area (Å²) >= 11 is 0. The van der Waals surface area contributed by atoms with Crippen LogP contribution >= 0.6 is 0 Å². The molecule has 0 amide bonds. The van der Waals surface area contributed by atoms with E-state index in [1.165, 1.54) is 16.7 Å². The van der Waals surface area contributed by atoms with Gasteiger partial charge in [-0.3, -0.25) is 9.36 Å². The van der Waals surface area contributed by atoms with E-state index in [0.717, 1.165) is 28.9 Å². The lowest BCUT2D eigenvalue weighted by atomic mass is 10.1. The predicted octanol–water partition coefficient (Wildman–Crippen LogP) is 3.94. The van der Waals surface area contributed by atoms with E-state index < -0.39 is 6.36 Å². The average molecular weight is 425 g/mol. The summed E-state index contributed by atoms with van der Waals surface area (Å²) in [6.45, 7) is 0. The summed E-state index contributed by atoms with van der Waals surface area (Å²) in [5.74, 6) is -0.367. The minimum atomic E-state index is -4.79. The number of benzene rings is 1. The second-order valence-electron chi connectivity index (χ2n) is 6.92. The Morgan fingerprint density at radius 3 is 2.52 bits per heavy atom. The molecule has 0 saturated carbocycles. The fourth-order valence-corrected chi connectivity index (χ4v) is 3.56. The minimum Gasteiger partial charge on any atom is -0.406 e. The zero-order valence-electron chi connectivity index (χ0n) is 16.0. The summed E-state index contributed by atoms with van der Waals surface area (Å²) in [5, 5.41) is 0. The van der Waals surface area contributed by atoms with E-state index in [2.05, 4.69) is 14.7 Å². The van der Waals surface area contributed by atoms with Crippen LogP contribution in [-0.4, -0.2) is 29.9 Å². The highest BCUT2D eigenvalue weighted by Gasteiger charge is 2.31. The van der Waals surface area contributed by atoms with Crippen molar-refractivity contribution >= 4 is 16.7 Å². The molecule has 5 aromatic rings. The maximum atomic E-state index is 13.1. The normalized spacial score (nSPS) is 12.0. The van der Waals surface area contributed by atoms with Crippen LogP contribution in [0.2, 0.25) is 0 Å². The SMILES string of the molecule is Cn1cnc2c(=O)n(-c3ccc(OC(F)(F)F)cc3)cc(-c3ccc4nccn4c3)c21. The number of pyridine rings is 2. The van der Waals surface area contributed by atoms with Gasteiger partial charge in [-0.1, -0.05) is 0 Å². The van der Waals surface area contributed by atoms with E-state index in [1.807, 2.05) is 28.9 Å². The number of imidazole rings is 2. The Morgan fingerprint density at radius 2 is 1.77 bits per heavy atom. The smallest absolute Gasteiger partial charge is 0.406 e. The third-order valence-corrected chi connectivity index (χ3v) is 4.92. The maximum absolute atomic E-state index is 13.1. The number of nitrogens with zero attached hydrogens (tertiary/aromatic N) is 5. The van der Waals surface area contributed by atoms with Gasteiger partial charge in [0.05, 0.1) is 11.8 Å². The Balaban J connectivity index is 1.69. The standard InChI is InChI=1S/C21H14F3N5O2/c1-27-12-26-18-19(27)16(13-2-7-17-25-8-9-28(17)10-13)11-29(20(18)30)14-3-5-15(6-4-14)31-21(22,23)24/h2-12H,1H3. The summed E-state index contributed by atoms with van der Waals surface area (Å²) in [6.07, 6.45) is 3.81. The average Bonchev–Trinajstić information content (AvgIpc) is 3.35. The third kappa shape index (κ3) is 3.31. The van der Waals surface area contributed by atoms with Crippen LogP contribution in [0, 0.1) is 0 Å². The number of ether oxygens (including phenoxy) is 1. The molecule has 1 aromatic carbocycles. The highest BCUT2D eigenvalue weighted by atomic mass is 19.4. The molecule has 0 atom stereocenters. The number of aromatic nitrogens is 5. The second-order valence-corrected chi connectivity index (χ2v) is 6.92. The van der Waals surface area contributed by atoms with Crippen LogP contribution in [-0.2, 0) is 7.05 Å². The first kappa shape index (κ1) is 18.9. The van der Waals surface area contributed by atoms with E-state index in [-0.39, 0.29) is 16.8 Å². The summed E-state index contributed by atoms with van der Waals surface area (Å²) in [6, 6.07) is 8.85. The molecule has 0 saturated heterocycles. The summed E-state index contributed by atoms with van der Waals surface area (Å²) in [5.41, 5.74) is 3.24. The molecule has 0 aliphatic carbocycles. The predicted molar refractivity (Wildman–Crippen MR) is 107 cm³/mol. The van der Waals surface area contributed by atoms with E-state index >= 15 is 0 Å². The zero-order valence-corrected chi connectivity index (χ0v) is 16.0. The quantitative estimate of drug-likeness (QED) is 0.439. The Kier molecular flexibility index (Phi) is 4.10. The Hall–Kier alpha value is -4.08. The molecule has 156 valence electrons. The van der Waals surface area contributed by atoms with Gasteiger partial charge in [-0.15, -0.1) is 13.2 Å². The van der Waals surface area contributed by atoms with Crippen LogP contribution in [0.4, 0.5) is 13.2 Å². The molecule has 4 heterocycles. The van der Waals surface area contributed by atoms with Crippen molar-refractivity contribution in [2.75, 3.05) is 0 Å². The summed E-state index contributed by atoms with van der Waals surface area (Å²) in [7, 11) is 1.79. The Bertz CT molecular complexity index is 1480. The minimum absolute atomic E-state index is 0.251. The molecule has 4 aromatic heterocycles. The van der Waals surface area contributed by atoms with Gasteiger partial charge in [-0.2, -0.15) is 0 Å². The number of halogens is 3. The van der Waals surface area contributed by atoms with Gasteiger partial charge in [0.2, 0.25) is 0 Å². The molecule has 31 heavy (non-hydrogen) atoms. The van der Waals surface area contributed by atoms with Crippen molar-refractivity contribution < 1.29 is 17.9 Å². The van der Waals surface area contributed by atoms with E-state index in [9.17, 15) is 18.0 Å². The van der Waals surface area contributed by atoms with E-state index in [0.29, 0.717) is 11.2 Å². The molecule has 0 N–H and O–H groups in total. The van der Waals surface area contributed by atoms with Crippen LogP contribution in [0.15, 0.2) is 72.3 Å². The van der Waals surface area contributed by atoms with Crippen molar-refractivity contribution in [2.45, 2.75) is 6.36 Å². The van der Waals surface area contributed by atoms with Gasteiger partial charge in [-0.25, -0.2) is 9.97 Å². The molecule has 0 aliphatic rings. The van der Waals surface area contributed by atoms with Crippen molar-refractivity contribution in [3.63, 3.8) is 0 Å².